The molecule has 0 aliphatic carbocycles. The Bertz CT molecular complexity index is 124. The molecule has 5 nitrogen and oxygen atoms in total. The van der Waals surface area contributed by atoms with Crippen LogP contribution in [-0.4, -0.2) is 30.4 Å². The van der Waals surface area contributed by atoms with Gasteiger partial charge in [0.05, 0.1) is 6.54 Å². The Morgan fingerprint density at radius 3 is 3.00 bits per heavy atom. The molecule has 0 aromatic rings. The summed E-state index contributed by atoms with van der Waals surface area (Å²) in [4.78, 5) is 10.5. The number of amides is 1. The van der Waals surface area contributed by atoms with E-state index in [1.807, 2.05) is 0 Å². The molecule has 0 aliphatic rings. The van der Waals surface area contributed by atoms with E-state index in [1.54, 1.807) is 0 Å². The minimum Gasteiger partial charge on any atom is -0.411 e. The maximum absolute atomic E-state index is 10.5. The topological polar surface area (TPSA) is 89.3 Å². The summed E-state index contributed by atoms with van der Waals surface area (Å²) < 4.78 is 0. The number of nitrogens with zero attached hydrogens (tertiary/aromatic N) is 1. The summed E-state index contributed by atoms with van der Waals surface area (Å²) in [5.74, 6) is -0.379. The molecule has 0 fully saturated rings. The molecule has 58 valence electrons. The highest BCUT2D eigenvalue weighted by molar-refractivity contribution is 6.25. The van der Waals surface area contributed by atoms with E-state index >= 15 is 0 Å². The van der Waals surface area contributed by atoms with Crippen molar-refractivity contribution in [3.05, 3.63) is 0 Å². The van der Waals surface area contributed by atoms with E-state index in [-0.39, 0.29) is 5.91 Å². The highest BCUT2D eigenvalue weighted by Gasteiger charge is 1.93. The van der Waals surface area contributed by atoms with Crippen LogP contribution in [0.5, 0.6) is 0 Å². The Morgan fingerprint density at radius 2 is 2.50 bits per heavy atom. The van der Waals surface area contributed by atoms with Crippen LogP contribution in [-0.2, 0) is 4.79 Å². The van der Waals surface area contributed by atoms with E-state index in [2.05, 4.69) is 16.2 Å². The first kappa shape index (κ1) is 8.90. The molecule has 0 atom stereocenters. The molecule has 0 saturated carbocycles. The lowest BCUT2D eigenvalue weighted by atomic mass is 10.4. The monoisotopic (exact) mass is 146 g/mol. The van der Waals surface area contributed by atoms with E-state index in [1.165, 1.54) is 0 Å². The molecule has 5 N–H and O–H groups in total. The van der Waals surface area contributed by atoms with Crippen LogP contribution in [0, 0.1) is 0 Å². The van der Waals surface area contributed by atoms with Gasteiger partial charge in [-0.25, -0.2) is 0 Å². The first-order valence-corrected chi connectivity index (χ1v) is 3.05. The SMILES string of the molecule is [NH3+]CCCNC(=O)/C=N/O. The average molecular weight is 146 g/mol. The lowest BCUT2D eigenvalue weighted by molar-refractivity contribution is -0.367. The van der Waals surface area contributed by atoms with Gasteiger partial charge >= 0.3 is 0 Å². The Kier molecular flexibility index (Phi) is 5.36. The lowest BCUT2D eigenvalue weighted by Gasteiger charge is -1.95. The molecule has 0 aliphatic heterocycles. The third kappa shape index (κ3) is 5.04. The number of oxime groups is 1. The molecule has 0 heterocycles. The van der Waals surface area contributed by atoms with Crippen LogP contribution < -0.4 is 11.1 Å². The maximum Gasteiger partial charge on any atom is 0.265 e. The Balaban J connectivity index is 3.22. The zero-order valence-electron chi connectivity index (χ0n) is 5.71. The van der Waals surface area contributed by atoms with E-state index in [4.69, 9.17) is 5.21 Å². The van der Waals surface area contributed by atoms with E-state index in [0.717, 1.165) is 19.2 Å². The van der Waals surface area contributed by atoms with Gasteiger partial charge in [0, 0.05) is 13.0 Å². The standard InChI is InChI=1S/C5H11N3O2/c6-2-1-3-7-5(9)4-8-10/h4,10H,1-3,6H2,(H,7,9)/p+1/b8-4+. The largest absolute Gasteiger partial charge is 0.411 e. The van der Waals surface area contributed by atoms with Crippen molar-refractivity contribution < 1.29 is 15.7 Å². The molecular weight excluding hydrogens is 134 g/mol. The minimum absolute atomic E-state index is 0.379. The van der Waals surface area contributed by atoms with Crippen LogP contribution in [0.3, 0.4) is 0 Å². The molecule has 10 heavy (non-hydrogen) atoms. The molecule has 0 aromatic carbocycles. The number of nitrogens with one attached hydrogen (secondary N) is 1. The molecule has 0 spiro atoms. The second-order valence-electron chi connectivity index (χ2n) is 1.74. The second kappa shape index (κ2) is 6.03. The third-order valence-electron chi connectivity index (χ3n) is 0.901. The molecule has 0 unspecified atom stereocenters. The van der Waals surface area contributed by atoms with E-state index < -0.39 is 0 Å². The van der Waals surface area contributed by atoms with Crippen molar-refractivity contribution in [3.63, 3.8) is 0 Å². The number of hydrogen-bond donors (Lipinski definition) is 3. The fourth-order valence-electron chi connectivity index (χ4n) is 0.435. The summed E-state index contributed by atoms with van der Waals surface area (Å²) >= 11 is 0. The number of rotatable bonds is 4. The van der Waals surface area contributed by atoms with Crippen LogP contribution in [0.1, 0.15) is 6.42 Å². The van der Waals surface area contributed by atoms with E-state index in [0.29, 0.717) is 6.54 Å². The van der Waals surface area contributed by atoms with Gasteiger partial charge in [0.1, 0.15) is 6.21 Å². The molecule has 5 heteroatoms. The molecule has 0 rings (SSSR count). The first-order chi connectivity index (χ1) is 4.81. The number of carbonyl (C=O) groups excluding carboxylic acids is 1. The predicted octanol–water partition coefficient (Wildman–Crippen LogP) is -1.81. The van der Waals surface area contributed by atoms with E-state index in [9.17, 15) is 4.79 Å². The van der Waals surface area contributed by atoms with Gasteiger partial charge in [-0.15, -0.1) is 0 Å². The zero-order chi connectivity index (χ0) is 7.82. The van der Waals surface area contributed by atoms with Gasteiger partial charge in [0.2, 0.25) is 0 Å². The average Bonchev–Trinajstić information content (AvgIpc) is 1.89. The molecule has 0 aromatic heterocycles. The summed E-state index contributed by atoms with van der Waals surface area (Å²) in [7, 11) is 0. The quantitative estimate of drug-likeness (QED) is 0.189. The van der Waals surface area contributed by atoms with Crippen molar-refractivity contribution in [3.8, 4) is 0 Å². The van der Waals surface area contributed by atoms with Crippen molar-refractivity contribution in [1.29, 1.82) is 0 Å². The fourth-order valence-corrected chi connectivity index (χ4v) is 0.435. The van der Waals surface area contributed by atoms with Crippen molar-refractivity contribution >= 4 is 12.1 Å². The Hall–Kier alpha value is -1.10. The van der Waals surface area contributed by atoms with Crippen molar-refractivity contribution in [2.75, 3.05) is 13.1 Å². The minimum atomic E-state index is -0.379. The maximum atomic E-state index is 10.5. The van der Waals surface area contributed by atoms with Crippen molar-refractivity contribution in [2.24, 2.45) is 5.16 Å². The Morgan fingerprint density at radius 1 is 1.80 bits per heavy atom. The van der Waals surface area contributed by atoms with Crippen LogP contribution >= 0.6 is 0 Å². The zero-order valence-corrected chi connectivity index (χ0v) is 5.71. The summed E-state index contributed by atoms with van der Waals surface area (Å²) in [5, 5.41) is 12.9. The molecule has 0 saturated heterocycles. The number of carbonyl (C=O) groups is 1. The second-order valence-corrected chi connectivity index (χ2v) is 1.74. The van der Waals surface area contributed by atoms with Gasteiger partial charge in [-0.2, -0.15) is 0 Å². The summed E-state index contributed by atoms with van der Waals surface area (Å²) in [5.41, 5.74) is 3.59. The van der Waals surface area contributed by atoms with Gasteiger partial charge in [-0.3, -0.25) is 4.79 Å². The molecule has 0 bridgehead atoms. The smallest absolute Gasteiger partial charge is 0.265 e. The van der Waals surface area contributed by atoms with Crippen molar-refractivity contribution in [1.82, 2.24) is 5.32 Å². The predicted molar refractivity (Wildman–Crippen MR) is 35.7 cm³/mol. The van der Waals surface area contributed by atoms with Crippen LogP contribution in [0.25, 0.3) is 0 Å². The van der Waals surface area contributed by atoms with Gasteiger partial charge in [-0.1, -0.05) is 5.16 Å². The Labute approximate surface area is 58.9 Å². The fraction of sp³-hybridized carbons (Fsp3) is 0.600. The lowest BCUT2D eigenvalue weighted by Crippen LogP contribution is -2.51. The molecule has 0 radical (unpaired) electrons. The summed E-state index contributed by atoms with van der Waals surface area (Å²) in [6, 6.07) is 0. The highest BCUT2D eigenvalue weighted by Crippen LogP contribution is 1.67. The van der Waals surface area contributed by atoms with Crippen LogP contribution in [0.2, 0.25) is 0 Å². The van der Waals surface area contributed by atoms with Crippen LogP contribution in [0.15, 0.2) is 5.16 Å². The number of hydrogen-bond acceptors (Lipinski definition) is 3. The molecular formula is C5H12N3O2+. The molecule has 1 amide bonds. The summed E-state index contributed by atoms with van der Waals surface area (Å²) in [6.45, 7) is 1.37. The van der Waals surface area contributed by atoms with Crippen molar-refractivity contribution in [2.45, 2.75) is 6.42 Å². The first-order valence-electron chi connectivity index (χ1n) is 3.05. The van der Waals surface area contributed by atoms with Gasteiger partial charge in [0.25, 0.3) is 5.91 Å². The van der Waals surface area contributed by atoms with Gasteiger partial charge in [0.15, 0.2) is 0 Å². The number of quaternary nitrogens is 1. The third-order valence-corrected chi connectivity index (χ3v) is 0.901. The van der Waals surface area contributed by atoms with Crippen LogP contribution in [0.4, 0.5) is 0 Å². The highest BCUT2D eigenvalue weighted by atomic mass is 16.4. The summed E-state index contributed by atoms with van der Waals surface area (Å²) in [6.07, 6.45) is 1.66. The normalized spacial score (nSPS) is 10.1. The van der Waals surface area contributed by atoms with Gasteiger partial charge in [-0.05, 0) is 0 Å². The van der Waals surface area contributed by atoms with Gasteiger partial charge < -0.3 is 16.3 Å².